The van der Waals surface area contributed by atoms with Crippen molar-refractivity contribution in [3.63, 3.8) is 0 Å². The van der Waals surface area contributed by atoms with E-state index in [2.05, 4.69) is 5.32 Å². The third-order valence-corrected chi connectivity index (χ3v) is 5.08. The van der Waals surface area contributed by atoms with E-state index in [0.717, 1.165) is 4.90 Å². The van der Waals surface area contributed by atoms with Crippen LogP contribution in [0.3, 0.4) is 0 Å². The van der Waals surface area contributed by atoms with Crippen molar-refractivity contribution in [1.82, 2.24) is 5.32 Å². The number of thiocarbonyl (C=S) groups is 1. The summed E-state index contributed by atoms with van der Waals surface area (Å²) < 4.78 is 5.66. The lowest BCUT2D eigenvalue weighted by Gasteiger charge is -2.29. The van der Waals surface area contributed by atoms with Gasteiger partial charge in [-0.2, -0.15) is 0 Å². The number of carbonyl (C=O) groups excluding carboxylic acids is 2. The van der Waals surface area contributed by atoms with Crippen LogP contribution < -0.4 is 10.2 Å². The second-order valence-corrected chi connectivity index (χ2v) is 7.18. The highest BCUT2D eigenvalue weighted by atomic mass is 35.5. The summed E-state index contributed by atoms with van der Waals surface area (Å²) in [6.07, 6.45) is 1.25. The first-order valence-electron chi connectivity index (χ1n) is 8.86. The zero-order valence-corrected chi connectivity index (χ0v) is 17.1. The maximum atomic E-state index is 13.0. The van der Waals surface area contributed by atoms with E-state index in [-0.39, 0.29) is 38.5 Å². The van der Waals surface area contributed by atoms with E-state index in [1.807, 2.05) is 0 Å². The lowest BCUT2D eigenvalue weighted by molar-refractivity contribution is -0.384. The Morgan fingerprint density at radius 2 is 1.77 bits per heavy atom. The van der Waals surface area contributed by atoms with Crippen LogP contribution in [0.5, 0.6) is 0 Å². The lowest BCUT2D eigenvalue weighted by Crippen LogP contribution is -2.54. The number of furan rings is 1. The molecule has 1 aliphatic rings. The number of nitro groups is 1. The summed E-state index contributed by atoms with van der Waals surface area (Å²) in [7, 11) is 0. The molecule has 0 spiro atoms. The summed E-state index contributed by atoms with van der Waals surface area (Å²) in [6.45, 7) is 0. The lowest BCUT2D eigenvalue weighted by atomic mass is 10.1. The second-order valence-electron chi connectivity index (χ2n) is 6.39. The molecule has 0 atom stereocenters. The van der Waals surface area contributed by atoms with E-state index in [4.69, 9.17) is 28.2 Å². The fraction of sp³-hybridized carbons (Fsp3) is 0. The predicted molar refractivity (Wildman–Crippen MR) is 118 cm³/mol. The number of benzene rings is 2. The summed E-state index contributed by atoms with van der Waals surface area (Å²) in [5.41, 5.74) is 0.246. The third kappa shape index (κ3) is 3.83. The minimum Gasteiger partial charge on any atom is -0.456 e. The molecule has 1 saturated heterocycles. The molecular weight excluding hydrogens is 442 g/mol. The Bertz CT molecular complexity index is 1280. The van der Waals surface area contributed by atoms with Crippen LogP contribution in [0, 0.1) is 10.1 Å². The van der Waals surface area contributed by atoms with Crippen LogP contribution in [0.1, 0.15) is 5.76 Å². The predicted octanol–water partition coefficient (Wildman–Crippen LogP) is 4.34. The van der Waals surface area contributed by atoms with Crippen molar-refractivity contribution in [3.8, 4) is 11.3 Å². The molecule has 1 N–H and O–H groups in total. The number of anilines is 1. The van der Waals surface area contributed by atoms with Gasteiger partial charge < -0.3 is 4.42 Å². The van der Waals surface area contributed by atoms with Gasteiger partial charge in [-0.05, 0) is 48.6 Å². The molecule has 0 aliphatic carbocycles. The maximum absolute atomic E-state index is 13.0. The maximum Gasteiger partial charge on any atom is 0.280 e. The van der Waals surface area contributed by atoms with Gasteiger partial charge >= 0.3 is 0 Å². The van der Waals surface area contributed by atoms with E-state index in [9.17, 15) is 19.7 Å². The number of halogens is 1. The van der Waals surface area contributed by atoms with Gasteiger partial charge in [0.15, 0.2) is 5.11 Å². The minimum absolute atomic E-state index is 0.0969. The van der Waals surface area contributed by atoms with Crippen LogP contribution in [0.15, 0.2) is 70.7 Å². The Morgan fingerprint density at radius 1 is 1.06 bits per heavy atom. The number of amides is 2. The van der Waals surface area contributed by atoms with Crippen LogP contribution in [0.25, 0.3) is 17.4 Å². The molecule has 1 aromatic heterocycles. The fourth-order valence-electron chi connectivity index (χ4n) is 3.07. The van der Waals surface area contributed by atoms with Crippen molar-refractivity contribution < 1.29 is 18.9 Å². The number of nitro benzene ring substituents is 1. The molecule has 1 aliphatic heterocycles. The van der Waals surface area contributed by atoms with Gasteiger partial charge in [0.05, 0.1) is 21.2 Å². The number of para-hydroxylation sites is 2. The molecule has 0 saturated carbocycles. The molecule has 2 heterocycles. The number of nitrogens with one attached hydrogen (secondary N) is 1. The Hall–Kier alpha value is -3.82. The Balaban J connectivity index is 1.71. The number of hydrogen-bond donors (Lipinski definition) is 1. The average Bonchev–Trinajstić information content (AvgIpc) is 3.21. The number of hydrogen-bond acceptors (Lipinski definition) is 6. The van der Waals surface area contributed by atoms with Gasteiger partial charge in [0, 0.05) is 6.07 Å². The summed E-state index contributed by atoms with van der Waals surface area (Å²) in [5.74, 6) is -0.979. The molecular formula is C21H12ClN3O5S. The third-order valence-electron chi connectivity index (χ3n) is 4.47. The summed E-state index contributed by atoms with van der Waals surface area (Å²) >= 11 is 11.3. The van der Waals surface area contributed by atoms with Crippen LogP contribution in [-0.4, -0.2) is 21.9 Å². The largest absolute Gasteiger partial charge is 0.456 e. The normalized spacial score (nSPS) is 15.3. The first-order chi connectivity index (χ1) is 14.9. The van der Waals surface area contributed by atoms with Crippen molar-refractivity contribution in [2.45, 2.75) is 0 Å². The first kappa shape index (κ1) is 20.5. The number of carbonyl (C=O) groups is 2. The van der Waals surface area contributed by atoms with E-state index >= 15 is 0 Å². The van der Waals surface area contributed by atoms with Gasteiger partial charge in [-0.1, -0.05) is 35.9 Å². The first-order valence-corrected chi connectivity index (χ1v) is 9.65. The molecule has 4 rings (SSSR count). The van der Waals surface area contributed by atoms with E-state index < -0.39 is 16.7 Å². The molecule has 154 valence electrons. The van der Waals surface area contributed by atoms with Crippen LogP contribution >= 0.6 is 23.8 Å². The molecule has 1 fully saturated rings. The monoisotopic (exact) mass is 453 g/mol. The van der Waals surface area contributed by atoms with Gasteiger partial charge in [-0.15, -0.1) is 0 Å². The molecule has 0 unspecified atom stereocenters. The number of rotatable bonds is 4. The van der Waals surface area contributed by atoms with Gasteiger partial charge in [0.25, 0.3) is 17.5 Å². The van der Waals surface area contributed by atoms with Gasteiger partial charge in [0.1, 0.15) is 17.1 Å². The molecule has 0 radical (unpaired) electrons. The van der Waals surface area contributed by atoms with Gasteiger partial charge in [-0.3, -0.25) is 29.9 Å². The number of nitrogens with zero attached hydrogens (tertiary/aromatic N) is 2. The summed E-state index contributed by atoms with van der Waals surface area (Å²) in [4.78, 5) is 37.3. The minimum atomic E-state index is -0.693. The van der Waals surface area contributed by atoms with E-state index in [0.29, 0.717) is 5.69 Å². The molecule has 8 nitrogen and oxygen atoms in total. The SMILES string of the molecule is O=C1NC(=S)N(c2ccccc2Cl)C(=O)/C1=C\c1ccc(-c2ccccc2[N+](=O)[O-])o1. The Kier molecular flexibility index (Phi) is 5.37. The van der Waals surface area contributed by atoms with E-state index in [1.165, 1.54) is 24.3 Å². The van der Waals surface area contributed by atoms with Gasteiger partial charge in [0.2, 0.25) is 0 Å². The van der Waals surface area contributed by atoms with Crippen LogP contribution in [0.2, 0.25) is 5.02 Å². The van der Waals surface area contributed by atoms with Crippen LogP contribution in [-0.2, 0) is 9.59 Å². The standard InChI is InChI=1S/C21H12ClN3O5S/c22-15-6-2-4-8-17(15)24-20(27)14(19(26)23-21(24)31)11-12-9-10-18(30-12)13-5-1-3-7-16(13)25(28)29/h1-11H,(H,23,26,31)/b14-11-. The molecule has 0 bridgehead atoms. The molecule has 2 aromatic carbocycles. The molecule has 31 heavy (non-hydrogen) atoms. The Labute approximate surface area is 185 Å². The highest BCUT2D eigenvalue weighted by Crippen LogP contribution is 2.32. The topological polar surface area (TPSA) is 106 Å². The van der Waals surface area contributed by atoms with Gasteiger partial charge in [-0.25, -0.2) is 0 Å². The van der Waals surface area contributed by atoms with Crippen molar-refractivity contribution in [2.75, 3.05) is 4.90 Å². The van der Waals surface area contributed by atoms with Crippen LogP contribution in [0.4, 0.5) is 11.4 Å². The summed E-state index contributed by atoms with van der Waals surface area (Å²) in [6, 6.07) is 15.7. The zero-order valence-electron chi connectivity index (χ0n) is 15.6. The average molecular weight is 454 g/mol. The van der Waals surface area contributed by atoms with Crippen molar-refractivity contribution in [2.24, 2.45) is 0 Å². The Morgan fingerprint density at radius 3 is 2.52 bits per heavy atom. The highest BCUT2D eigenvalue weighted by Gasteiger charge is 2.35. The zero-order chi connectivity index (χ0) is 22.1. The fourth-order valence-corrected chi connectivity index (χ4v) is 3.56. The molecule has 2 amide bonds. The quantitative estimate of drug-likeness (QED) is 0.207. The van der Waals surface area contributed by atoms with Crippen molar-refractivity contribution >= 4 is 58.2 Å². The molecule has 10 heteroatoms. The van der Waals surface area contributed by atoms with E-state index in [1.54, 1.807) is 42.5 Å². The molecule has 3 aromatic rings. The second kappa shape index (κ2) is 8.13. The van der Waals surface area contributed by atoms with Crippen molar-refractivity contribution in [3.05, 3.63) is 87.1 Å². The highest BCUT2D eigenvalue weighted by molar-refractivity contribution is 7.80. The van der Waals surface area contributed by atoms with Crippen molar-refractivity contribution in [1.29, 1.82) is 0 Å². The summed E-state index contributed by atoms with van der Waals surface area (Å²) in [5, 5.41) is 13.9. The smallest absolute Gasteiger partial charge is 0.280 e.